The van der Waals surface area contributed by atoms with Gasteiger partial charge >= 0.3 is 0 Å². The topological polar surface area (TPSA) is 97.9 Å². The molecule has 2 aromatic carbocycles. The summed E-state index contributed by atoms with van der Waals surface area (Å²) in [7, 11) is 1.89. The summed E-state index contributed by atoms with van der Waals surface area (Å²) in [5.41, 5.74) is 2.09. The standard InChI is InChI=1S/C20H19FN6O2/c1-26-17-9-5-4-8-15(17)23-19(26)10-22-20(29)16-11-27(25-24-16)12-18(28)13-6-2-3-7-14(13)21/h2-9,11,18,28H,10,12H2,1H3,(H,22,29)/t18-/m0/s1. The van der Waals surface area contributed by atoms with E-state index in [2.05, 4.69) is 20.6 Å². The molecule has 0 aliphatic rings. The minimum atomic E-state index is -1.10. The number of halogens is 1. The molecule has 8 nitrogen and oxygen atoms in total. The van der Waals surface area contributed by atoms with Crippen molar-refractivity contribution in [3.05, 3.63) is 77.6 Å². The smallest absolute Gasteiger partial charge is 0.273 e. The van der Waals surface area contributed by atoms with Gasteiger partial charge in [0.1, 0.15) is 17.7 Å². The lowest BCUT2D eigenvalue weighted by Crippen LogP contribution is -2.24. The van der Waals surface area contributed by atoms with E-state index in [0.29, 0.717) is 5.82 Å². The predicted molar refractivity (Wildman–Crippen MR) is 103 cm³/mol. The van der Waals surface area contributed by atoms with Crippen molar-refractivity contribution >= 4 is 16.9 Å². The third-order valence-electron chi connectivity index (χ3n) is 4.68. The Morgan fingerprint density at radius 3 is 2.76 bits per heavy atom. The first-order valence-electron chi connectivity index (χ1n) is 9.04. The Bertz CT molecular complexity index is 1170. The van der Waals surface area contributed by atoms with Gasteiger partial charge in [-0.3, -0.25) is 4.79 Å². The second-order valence-corrected chi connectivity index (χ2v) is 6.62. The Labute approximate surface area is 165 Å². The third kappa shape index (κ3) is 3.85. The van der Waals surface area contributed by atoms with E-state index in [4.69, 9.17) is 0 Å². The second kappa shape index (κ2) is 7.80. The van der Waals surface area contributed by atoms with Crippen LogP contribution in [0.1, 0.15) is 28.0 Å². The van der Waals surface area contributed by atoms with Crippen molar-refractivity contribution in [1.82, 2.24) is 29.9 Å². The number of aliphatic hydroxyl groups excluding tert-OH is 1. The van der Waals surface area contributed by atoms with Gasteiger partial charge in [0, 0.05) is 12.6 Å². The van der Waals surface area contributed by atoms with Crippen LogP contribution in [0.4, 0.5) is 4.39 Å². The fourth-order valence-corrected chi connectivity index (χ4v) is 3.12. The summed E-state index contributed by atoms with van der Waals surface area (Å²) in [6.45, 7) is 0.209. The minimum Gasteiger partial charge on any atom is -0.386 e. The quantitative estimate of drug-likeness (QED) is 0.521. The maximum absolute atomic E-state index is 13.8. The summed E-state index contributed by atoms with van der Waals surface area (Å²) in [5.74, 6) is -0.203. The van der Waals surface area contributed by atoms with Crippen LogP contribution >= 0.6 is 0 Å². The van der Waals surface area contributed by atoms with Gasteiger partial charge in [0.25, 0.3) is 5.91 Å². The molecule has 2 heterocycles. The number of nitrogens with one attached hydrogen (secondary N) is 1. The molecule has 0 spiro atoms. The van der Waals surface area contributed by atoms with E-state index < -0.39 is 17.8 Å². The van der Waals surface area contributed by atoms with Crippen molar-refractivity contribution < 1.29 is 14.3 Å². The number of imidazole rings is 1. The van der Waals surface area contributed by atoms with Gasteiger partial charge in [-0.1, -0.05) is 35.5 Å². The van der Waals surface area contributed by atoms with Gasteiger partial charge in [-0.15, -0.1) is 5.10 Å². The van der Waals surface area contributed by atoms with Crippen LogP contribution < -0.4 is 5.32 Å². The molecule has 1 atom stereocenters. The van der Waals surface area contributed by atoms with Gasteiger partial charge in [0.15, 0.2) is 5.69 Å². The number of hydrogen-bond donors (Lipinski definition) is 2. The third-order valence-corrected chi connectivity index (χ3v) is 4.68. The van der Waals surface area contributed by atoms with Crippen LogP contribution in [0.25, 0.3) is 11.0 Å². The second-order valence-electron chi connectivity index (χ2n) is 6.62. The Morgan fingerprint density at radius 1 is 1.21 bits per heavy atom. The van der Waals surface area contributed by atoms with Crippen molar-refractivity contribution in [3.63, 3.8) is 0 Å². The highest BCUT2D eigenvalue weighted by molar-refractivity contribution is 5.91. The number of fused-ring (bicyclic) bond motifs is 1. The summed E-state index contributed by atoms with van der Waals surface area (Å²) < 4.78 is 17.0. The van der Waals surface area contributed by atoms with Crippen LogP contribution in [0.2, 0.25) is 0 Å². The van der Waals surface area contributed by atoms with E-state index in [9.17, 15) is 14.3 Å². The highest BCUT2D eigenvalue weighted by Gasteiger charge is 2.17. The lowest BCUT2D eigenvalue weighted by molar-refractivity contribution is 0.0944. The van der Waals surface area contributed by atoms with Gasteiger partial charge in [-0.05, 0) is 18.2 Å². The van der Waals surface area contributed by atoms with E-state index in [1.807, 2.05) is 35.9 Å². The zero-order valence-electron chi connectivity index (χ0n) is 15.7. The molecule has 2 aromatic heterocycles. The lowest BCUT2D eigenvalue weighted by atomic mass is 10.1. The van der Waals surface area contributed by atoms with E-state index in [-0.39, 0.29) is 24.3 Å². The van der Waals surface area contributed by atoms with Crippen molar-refractivity contribution in [1.29, 1.82) is 0 Å². The summed E-state index contributed by atoms with van der Waals surface area (Å²) >= 11 is 0. The van der Waals surface area contributed by atoms with Crippen LogP contribution in [-0.2, 0) is 20.1 Å². The molecule has 148 valence electrons. The number of rotatable bonds is 6. The van der Waals surface area contributed by atoms with Gasteiger partial charge in [-0.25, -0.2) is 14.1 Å². The highest BCUT2D eigenvalue weighted by Crippen LogP contribution is 2.18. The van der Waals surface area contributed by atoms with Crippen molar-refractivity contribution in [2.45, 2.75) is 19.2 Å². The Kier molecular flexibility index (Phi) is 5.05. The molecule has 0 fully saturated rings. The van der Waals surface area contributed by atoms with E-state index in [0.717, 1.165) is 11.0 Å². The minimum absolute atomic E-state index is 0.0219. The van der Waals surface area contributed by atoms with E-state index >= 15 is 0 Å². The van der Waals surface area contributed by atoms with Crippen LogP contribution in [0.3, 0.4) is 0 Å². The zero-order chi connectivity index (χ0) is 20.4. The number of carbonyl (C=O) groups is 1. The number of amides is 1. The Hall–Kier alpha value is -3.59. The molecule has 29 heavy (non-hydrogen) atoms. The van der Waals surface area contributed by atoms with E-state index in [1.165, 1.54) is 23.0 Å². The van der Waals surface area contributed by atoms with Crippen molar-refractivity contribution in [3.8, 4) is 0 Å². The van der Waals surface area contributed by atoms with Gasteiger partial charge in [-0.2, -0.15) is 0 Å². The summed E-state index contributed by atoms with van der Waals surface area (Å²) in [6.07, 6.45) is 0.308. The molecule has 0 bridgehead atoms. The largest absolute Gasteiger partial charge is 0.386 e. The lowest BCUT2D eigenvalue weighted by Gasteiger charge is -2.11. The van der Waals surface area contributed by atoms with E-state index in [1.54, 1.807) is 12.1 Å². The molecule has 4 aromatic rings. The maximum Gasteiger partial charge on any atom is 0.273 e. The van der Waals surface area contributed by atoms with Gasteiger partial charge in [0.05, 0.1) is 30.3 Å². The molecule has 0 unspecified atom stereocenters. The Balaban J connectivity index is 1.40. The molecule has 0 saturated carbocycles. The molecule has 1 amide bonds. The molecule has 2 N–H and O–H groups in total. The molecule has 0 radical (unpaired) electrons. The fraction of sp³-hybridized carbons (Fsp3) is 0.200. The average molecular weight is 394 g/mol. The number of carbonyl (C=O) groups excluding carboxylic acids is 1. The number of aromatic nitrogens is 5. The molecule has 9 heteroatoms. The van der Waals surface area contributed by atoms with Crippen LogP contribution in [-0.4, -0.2) is 35.6 Å². The van der Waals surface area contributed by atoms with Gasteiger partial charge < -0.3 is 15.0 Å². The van der Waals surface area contributed by atoms with Gasteiger partial charge in [0.2, 0.25) is 0 Å². The first kappa shape index (κ1) is 18.8. The molecule has 0 saturated heterocycles. The first-order chi connectivity index (χ1) is 14.0. The monoisotopic (exact) mass is 394 g/mol. The number of nitrogens with zero attached hydrogens (tertiary/aromatic N) is 5. The van der Waals surface area contributed by atoms with Crippen LogP contribution in [0.5, 0.6) is 0 Å². The van der Waals surface area contributed by atoms with Crippen molar-refractivity contribution in [2.24, 2.45) is 7.05 Å². The Morgan fingerprint density at radius 2 is 1.97 bits per heavy atom. The normalized spacial score (nSPS) is 12.2. The number of para-hydroxylation sites is 2. The number of hydrogen-bond acceptors (Lipinski definition) is 5. The fourth-order valence-electron chi connectivity index (χ4n) is 3.12. The predicted octanol–water partition coefficient (Wildman–Crippen LogP) is 1.97. The van der Waals surface area contributed by atoms with Crippen LogP contribution in [0.15, 0.2) is 54.7 Å². The molecule has 0 aliphatic carbocycles. The average Bonchev–Trinajstić information content (AvgIpc) is 3.31. The SMILES string of the molecule is Cn1c(CNC(=O)c2cn(C[C@H](O)c3ccccc3F)nn2)nc2ccccc21. The first-order valence-corrected chi connectivity index (χ1v) is 9.04. The zero-order valence-corrected chi connectivity index (χ0v) is 15.7. The van der Waals surface area contributed by atoms with Crippen LogP contribution in [0, 0.1) is 5.82 Å². The molecular formula is C20H19FN6O2. The molecule has 4 rings (SSSR count). The summed E-state index contributed by atoms with van der Waals surface area (Å²) in [5, 5.41) is 20.7. The highest BCUT2D eigenvalue weighted by atomic mass is 19.1. The molecule has 0 aliphatic heterocycles. The molecular weight excluding hydrogens is 375 g/mol. The maximum atomic E-state index is 13.8. The number of aryl methyl sites for hydroxylation is 1. The van der Waals surface area contributed by atoms with Crippen molar-refractivity contribution in [2.75, 3.05) is 0 Å². The summed E-state index contributed by atoms with van der Waals surface area (Å²) in [6, 6.07) is 13.7. The summed E-state index contributed by atoms with van der Waals surface area (Å²) in [4.78, 5) is 16.9. The number of benzene rings is 2. The number of aliphatic hydroxyl groups is 1.